The first-order valence-electron chi connectivity index (χ1n) is 11.8. The van der Waals surface area contributed by atoms with Gasteiger partial charge in [-0.25, -0.2) is 4.79 Å². The topological polar surface area (TPSA) is 181 Å². The lowest BCUT2D eigenvalue weighted by molar-refractivity contribution is -0.144. The van der Waals surface area contributed by atoms with Gasteiger partial charge in [-0.2, -0.15) is 5.26 Å². The molecule has 37 heavy (non-hydrogen) atoms. The minimum absolute atomic E-state index is 0.0587. The zero-order valence-corrected chi connectivity index (χ0v) is 21.6. The Hall–Kier alpha value is -4.14. The molecule has 0 bridgehead atoms. The molecule has 0 aliphatic heterocycles. The van der Waals surface area contributed by atoms with Gasteiger partial charge in [0.1, 0.15) is 24.2 Å². The van der Waals surface area contributed by atoms with Gasteiger partial charge in [0.15, 0.2) is 0 Å². The van der Waals surface area contributed by atoms with Crippen LogP contribution in [0, 0.1) is 11.3 Å². The molecule has 0 radical (unpaired) electrons. The fourth-order valence-corrected chi connectivity index (χ4v) is 3.29. The number of nitrogens with two attached hydrogens (primary N) is 1. The maximum absolute atomic E-state index is 13.6. The fourth-order valence-electron chi connectivity index (χ4n) is 3.29. The number of carbonyl (C=O) groups excluding carboxylic acids is 5. The van der Waals surface area contributed by atoms with Crippen LogP contribution in [0.1, 0.15) is 58.6 Å². The molecule has 0 fully saturated rings. The summed E-state index contributed by atoms with van der Waals surface area (Å²) in [5, 5.41) is 14.5. The summed E-state index contributed by atoms with van der Waals surface area (Å²) in [6.07, 6.45) is -1.42. The van der Waals surface area contributed by atoms with E-state index in [1.165, 1.54) is 0 Å². The number of nitrogens with one attached hydrogen (secondary N) is 2. The number of hydrogen-bond donors (Lipinski definition) is 3. The molecule has 1 aromatic carbocycles. The summed E-state index contributed by atoms with van der Waals surface area (Å²) in [5.41, 5.74) is 4.78. The molecule has 0 spiro atoms. The van der Waals surface area contributed by atoms with E-state index in [1.807, 2.05) is 6.07 Å². The van der Waals surface area contributed by atoms with E-state index in [9.17, 15) is 29.2 Å². The van der Waals surface area contributed by atoms with Crippen LogP contribution in [-0.4, -0.2) is 66.0 Å². The molecule has 0 saturated carbocycles. The molecule has 0 heterocycles. The maximum Gasteiger partial charge on any atom is 0.408 e. The van der Waals surface area contributed by atoms with Crippen LogP contribution in [0.2, 0.25) is 0 Å². The van der Waals surface area contributed by atoms with Crippen LogP contribution in [0.5, 0.6) is 0 Å². The van der Waals surface area contributed by atoms with E-state index < -0.39 is 54.0 Å². The monoisotopic (exact) mass is 517 g/mol. The number of hydrogen-bond acceptors (Lipinski definition) is 8. The SMILES string of the molecule is CCOC(=O)CCNC(=O)C(c1ccccc1)N(CC#N)C(=O)C(CCC(N)=O)NC(=O)OC(C)(C)C. The molecule has 0 aliphatic rings. The highest BCUT2D eigenvalue weighted by Gasteiger charge is 2.36. The first-order valence-corrected chi connectivity index (χ1v) is 11.8. The minimum atomic E-state index is -1.31. The van der Waals surface area contributed by atoms with E-state index in [0.717, 1.165) is 4.90 Å². The average molecular weight is 518 g/mol. The van der Waals surface area contributed by atoms with Gasteiger partial charge in [0.25, 0.3) is 0 Å². The molecule has 202 valence electrons. The lowest BCUT2D eigenvalue weighted by Gasteiger charge is -2.32. The van der Waals surface area contributed by atoms with Crippen LogP contribution in [0.4, 0.5) is 4.79 Å². The van der Waals surface area contributed by atoms with Crippen molar-refractivity contribution in [1.82, 2.24) is 15.5 Å². The van der Waals surface area contributed by atoms with Gasteiger partial charge in [-0.1, -0.05) is 30.3 Å². The average Bonchev–Trinajstić information content (AvgIpc) is 2.80. The Morgan fingerprint density at radius 3 is 2.30 bits per heavy atom. The number of alkyl carbamates (subject to hydrolysis) is 1. The van der Waals surface area contributed by atoms with Crippen LogP contribution < -0.4 is 16.4 Å². The molecule has 12 nitrogen and oxygen atoms in total. The van der Waals surface area contributed by atoms with Gasteiger partial charge in [0, 0.05) is 13.0 Å². The molecule has 2 atom stereocenters. The summed E-state index contributed by atoms with van der Waals surface area (Å²) in [6, 6.07) is 7.53. The van der Waals surface area contributed by atoms with Crippen molar-refractivity contribution < 1.29 is 33.4 Å². The Bertz CT molecular complexity index is 985. The Labute approximate surface area is 216 Å². The standard InChI is InChI=1S/C25H35N5O7/c1-5-36-20(32)13-15-28-22(33)21(17-9-7-6-8-10-17)30(16-14-26)23(34)18(11-12-19(27)31)29-24(35)37-25(2,3)4/h6-10,18,21H,5,11-13,15-16H2,1-4H3,(H2,27,31)(H,28,33)(H,29,35). The number of primary amides is 1. The molecule has 12 heteroatoms. The molecule has 0 aromatic heterocycles. The Balaban J connectivity index is 3.30. The van der Waals surface area contributed by atoms with Crippen LogP contribution >= 0.6 is 0 Å². The lowest BCUT2D eigenvalue weighted by Crippen LogP contribution is -2.53. The van der Waals surface area contributed by atoms with Crippen LogP contribution in [0.15, 0.2) is 30.3 Å². The van der Waals surface area contributed by atoms with Crippen molar-refractivity contribution in [1.29, 1.82) is 5.26 Å². The van der Waals surface area contributed by atoms with E-state index in [1.54, 1.807) is 58.0 Å². The number of benzene rings is 1. The van der Waals surface area contributed by atoms with Gasteiger partial charge < -0.3 is 30.7 Å². The van der Waals surface area contributed by atoms with Crippen molar-refractivity contribution in [3.8, 4) is 6.07 Å². The molecule has 0 aliphatic carbocycles. The molecular weight excluding hydrogens is 482 g/mol. The Morgan fingerprint density at radius 1 is 1.11 bits per heavy atom. The summed E-state index contributed by atoms with van der Waals surface area (Å²) < 4.78 is 10.1. The quantitative estimate of drug-likeness (QED) is 0.258. The predicted molar refractivity (Wildman–Crippen MR) is 132 cm³/mol. The third kappa shape index (κ3) is 11.4. The second-order valence-corrected chi connectivity index (χ2v) is 8.99. The highest BCUT2D eigenvalue weighted by atomic mass is 16.6. The van der Waals surface area contributed by atoms with Crippen molar-refractivity contribution in [3.05, 3.63) is 35.9 Å². The van der Waals surface area contributed by atoms with Gasteiger partial charge in [-0.3, -0.25) is 19.2 Å². The summed E-state index contributed by atoms with van der Waals surface area (Å²) in [5.74, 6) is -2.64. The largest absolute Gasteiger partial charge is 0.466 e. The Morgan fingerprint density at radius 2 is 1.76 bits per heavy atom. The molecule has 0 saturated heterocycles. The Kier molecular flexibility index (Phi) is 12.6. The van der Waals surface area contributed by atoms with Crippen LogP contribution in [0.3, 0.4) is 0 Å². The highest BCUT2D eigenvalue weighted by Crippen LogP contribution is 2.23. The van der Waals surface area contributed by atoms with Gasteiger partial charge in [-0.15, -0.1) is 0 Å². The second kappa shape index (κ2) is 15.1. The van der Waals surface area contributed by atoms with Crippen molar-refractivity contribution in [2.24, 2.45) is 5.73 Å². The third-order valence-corrected chi connectivity index (χ3v) is 4.80. The van der Waals surface area contributed by atoms with E-state index in [-0.39, 0.29) is 32.4 Å². The minimum Gasteiger partial charge on any atom is -0.466 e. The van der Waals surface area contributed by atoms with Crippen molar-refractivity contribution >= 4 is 29.8 Å². The van der Waals surface area contributed by atoms with Crippen LogP contribution in [-0.2, 0) is 28.7 Å². The zero-order chi connectivity index (χ0) is 28.0. The molecule has 2 unspecified atom stereocenters. The first kappa shape index (κ1) is 30.9. The van der Waals surface area contributed by atoms with Gasteiger partial charge in [-0.05, 0) is 39.7 Å². The molecular formula is C25H35N5O7. The number of nitrogens with zero attached hydrogens (tertiary/aromatic N) is 2. The van der Waals surface area contributed by atoms with Gasteiger partial charge in [0.2, 0.25) is 17.7 Å². The lowest BCUT2D eigenvalue weighted by atomic mass is 10.0. The summed E-state index contributed by atoms with van der Waals surface area (Å²) in [4.78, 5) is 63.4. The van der Waals surface area contributed by atoms with Crippen molar-refractivity contribution in [3.63, 3.8) is 0 Å². The predicted octanol–water partition coefficient (Wildman–Crippen LogP) is 1.31. The number of carbonyl (C=O) groups is 5. The van der Waals surface area contributed by atoms with E-state index in [2.05, 4.69) is 10.6 Å². The number of rotatable bonds is 13. The van der Waals surface area contributed by atoms with Crippen molar-refractivity contribution in [2.75, 3.05) is 19.7 Å². The normalized spacial score (nSPS) is 12.3. The third-order valence-electron chi connectivity index (χ3n) is 4.80. The molecule has 1 aromatic rings. The smallest absolute Gasteiger partial charge is 0.408 e. The van der Waals surface area contributed by atoms with Crippen molar-refractivity contribution in [2.45, 2.75) is 64.6 Å². The molecule has 4 N–H and O–H groups in total. The second-order valence-electron chi connectivity index (χ2n) is 8.99. The summed E-state index contributed by atoms with van der Waals surface area (Å²) >= 11 is 0. The van der Waals surface area contributed by atoms with Gasteiger partial charge in [0.05, 0.1) is 19.1 Å². The van der Waals surface area contributed by atoms with E-state index in [0.29, 0.717) is 5.56 Å². The highest BCUT2D eigenvalue weighted by molar-refractivity contribution is 5.92. The first-order chi connectivity index (χ1) is 17.4. The molecule has 1 rings (SSSR count). The fraction of sp³-hybridized carbons (Fsp3) is 0.520. The van der Waals surface area contributed by atoms with E-state index >= 15 is 0 Å². The number of amides is 4. The summed E-state index contributed by atoms with van der Waals surface area (Å²) in [7, 11) is 0. The number of nitriles is 1. The van der Waals surface area contributed by atoms with E-state index in [4.69, 9.17) is 15.2 Å². The number of esters is 1. The zero-order valence-electron chi connectivity index (χ0n) is 21.6. The number of ether oxygens (including phenoxy) is 2. The maximum atomic E-state index is 13.6. The van der Waals surface area contributed by atoms with Gasteiger partial charge >= 0.3 is 12.1 Å². The molecule has 4 amide bonds. The summed E-state index contributed by atoms with van der Waals surface area (Å²) in [6.45, 7) is 6.21. The van der Waals surface area contributed by atoms with Crippen LogP contribution in [0.25, 0.3) is 0 Å².